The van der Waals surface area contributed by atoms with Crippen molar-refractivity contribution < 1.29 is 49.9 Å². The van der Waals surface area contributed by atoms with Crippen molar-refractivity contribution >= 4 is 7.82 Å². The topological polar surface area (TPSA) is 66.8 Å². The summed E-state index contributed by atoms with van der Waals surface area (Å²) >= 11 is 0. The predicted octanol–water partition coefficient (Wildman–Crippen LogP) is -2.25. The predicted molar refractivity (Wildman–Crippen MR) is 29.1 cm³/mol. The van der Waals surface area contributed by atoms with Crippen molar-refractivity contribution in [3.05, 3.63) is 12.3 Å². The maximum absolute atomic E-state index is 9.81. The smallest absolute Gasteiger partial charge is 1.00 e. The van der Waals surface area contributed by atoms with Crippen molar-refractivity contribution in [2.75, 3.05) is 0 Å². The van der Waals surface area contributed by atoms with Crippen LogP contribution in [-0.2, 0) is 9.09 Å². The molecule has 0 aromatic carbocycles. The van der Waals surface area contributed by atoms with Crippen LogP contribution in [0.15, 0.2) is 12.3 Å². The number of hydrogen-bond donors (Lipinski definition) is 2. The van der Waals surface area contributed by atoms with Crippen molar-refractivity contribution in [3.8, 4) is 0 Å². The van der Waals surface area contributed by atoms with E-state index >= 15 is 0 Å². The summed E-state index contributed by atoms with van der Waals surface area (Å²) in [6.07, 6.45) is 2.33. The van der Waals surface area contributed by atoms with Crippen molar-refractivity contribution in [1.29, 1.82) is 0 Å². The van der Waals surface area contributed by atoms with Gasteiger partial charge in [-0.2, -0.15) is 0 Å². The van der Waals surface area contributed by atoms with Gasteiger partial charge in [0.05, 0.1) is 6.26 Å². The van der Waals surface area contributed by atoms with Crippen LogP contribution in [-0.4, -0.2) is 9.79 Å². The number of rotatable bonds is 2. The minimum Gasteiger partial charge on any atom is -1.00 e. The SMILES string of the molecule is C/C=C/OP(=O)(O)O.[H-].[Na+]. The van der Waals surface area contributed by atoms with E-state index in [-0.39, 0.29) is 31.0 Å². The molecule has 50 valence electrons. The molecule has 0 aromatic heterocycles. The first-order valence-corrected chi connectivity index (χ1v) is 3.44. The third kappa shape index (κ3) is 12.0. The van der Waals surface area contributed by atoms with Crippen LogP contribution < -0.4 is 29.6 Å². The molecule has 4 nitrogen and oxygen atoms in total. The summed E-state index contributed by atoms with van der Waals surface area (Å²) in [4.78, 5) is 16.0. The molecule has 0 bridgehead atoms. The molecular formula is C3H8NaO4P. The third-order valence-corrected chi connectivity index (χ3v) is 0.731. The minimum atomic E-state index is -4.27. The van der Waals surface area contributed by atoms with Gasteiger partial charge in [-0.15, -0.1) is 0 Å². The van der Waals surface area contributed by atoms with E-state index in [1.54, 1.807) is 6.92 Å². The Labute approximate surface area is 76.9 Å². The fourth-order valence-electron chi connectivity index (χ4n) is 0.140. The van der Waals surface area contributed by atoms with Gasteiger partial charge in [0.2, 0.25) is 0 Å². The van der Waals surface area contributed by atoms with Crippen molar-refractivity contribution in [1.82, 2.24) is 0 Å². The number of hydrogen-bond acceptors (Lipinski definition) is 2. The first kappa shape index (κ1) is 12.4. The van der Waals surface area contributed by atoms with Gasteiger partial charge in [-0.05, 0) is 6.92 Å². The molecule has 0 rings (SSSR count). The zero-order valence-corrected chi connectivity index (χ0v) is 8.21. The molecule has 9 heavy (non-hydrogen) atoms. The Hall–Kier alpha value is 0.690. The molecule has 0 spiro atoms. The molecule has 0 aliphatic rings. The Balaban J connectivity index is -0.000000245. The van der Waals surface area contributed by atoms with Crippen LogP contribution in [0, 0.1) is 0 Å². The van der Waals surface area contributed by atoms with Crippen LogP contribution in [0.4, 0.5) is 0 Å². The Bertz CT molecular complexity index is 132. The molecule has 0 fully saturated rings. The molecule has 0 radical (unpaired) electrons. The Morgan fingerprint density at radius 2 is 2.11 bits per heavy atom. The van der Waals surface area contributed by atoms with E-state index < -0.39 is 7.82 Å². The average Bonchev–Trinajstić information content (AvgIpc) is 1.59. The molecule has 0 saturated heterocycles. The first-order valence-electron chi connectivity index (χ1n) is 1.91. The van der Waals surface area contributed by atoms with E-state index in [4.69, 9.17) is 9.79 Å². The van der Waals surface area contributed by atoms with Crippen LogP contribution >= 0.6 is 7.82 Å². The summed E-state index contributed by atoms with van der Waals surface area (Å²) in [5.41, 5.74) is 0. The fraction of sp³-hybridized carbons (Fsp3) is 0.333. The average molecular weight is 162 g/mol. The molecule has 0 saturated carbocycles. The standard InChI is InChI=1S/C3H7O4P.Na.H/c1-2-3-7-8(4,5)6;;/h2-3H,1H3,(H2,4,5,6);;/q;+1;-1/b3-2+;;. The molecule has 0 aliphatic heterocycles. The molecule has 0 aromatic rings. The maximum atomic E-state index is 9.81. The molecule has 0 aliphatic carbocycles. The van der Waals surface area contributed by atoms with Gasteiger partial charge in [-0.3, -0.25) is 9.79 Å². The largest absolute Gasteiger partial charge is 1.00 e. The van der Waals surface area contributed by atoms with Crippen LogP contribution in [0.2, 0.25) is 0 Å². The fourth-order valence-corrected chi connectivity index (χ4v) is 0.420. The van der Waals surface area contributed by atoms with Crippen molar-refractivity contribution in [3.63, 3.8) is 0 Å². The van der Waals surface area contributed by atoms with Crippen LogP contribution in [0.3, 0.4) is 0 Å². The number of phosphoric ester groups is 1. The van der Waals surface area contributed by atoms with Gasteiger partial charge in [-0.1, -0.05) is 6.08 Å². The third-order valence-electron chi connectivity index (χ3n) is 0.334. The normalized spacial score (nSPS) is 11.0. The van der Waals surface area contributed by atoms with Gasteiger partial charge in [0.15, 0.2) is 0 Å². The number of phosphoric acid groups is 1. The van der Waals surface area contributed by atoms with Gasteiger partial charge >= 0.3 is 37.4 Å². The van der Waals surface area contributed by atoms with E-state index in [9.17, 15) is 4.57 Å². The van der Waals surface area contributed by atoms with E-state index in [0.29, 0.717) is 0 Å². The number of allylic oxidation sites excluding steroid dienone is 1. The zero-order chi connectivity index (χ0) is 6.62. The van der Waals surface area contributed by atoms with E-state index in [1.165, 1.54) is 6.08 Å². The second-order valence-electron chi connectivity index (χ2n) is 1.07. The first-order chi connectivity index (χ1) is 3.56. The van der Waals surface area contributed by atoms with E-state index in [0.717, 1.165) is 6.26 Å². The Morgan fingerprint density at radius 3 is 2.22 bits per heavy atom. The summed E-state index contributed by atoms with van der Waals surface area (Å²) in [5.74, 6) is 0. The van der Waals surface area contributed by atoms with Crippen molar-refractivity contribution in [2.24, 2.45) is 0 Å². The molecule has 0 unspecified atom stereocenters. The van der Waals surface area contributed by atoms with Gasteiger partial charge in [-0.25, -0.2) is 4.57 Å². The maximum Gasteiger partial charge on any atom is 1.00 e. The molecule has 6 heteroatoms. The molecule has 0 amide bonds. The van der Waals surface area contributed by atoms with E-state index in [2.05, 4.69) is 4.52 Å². The van der Waals surface area contributed by atoms with Crippen molar-refractivity contribution in [2.45, 2.75) is 6.92 Å². The van der Waals surface area contributed by atoms with Gasteiger partial charge < -0.3 is 5.95 Å². The van der Waals surface area contributed by atoms with Crippen LogP contribution in [0.1, 0.15) is 8.35 Å². The second-order valence-corrected chi connectivity index (χ2v) is 2.26. The Morgan fingerprint density at radius 1 is 1.67 bits per heavy atom. The molecule has 2 N–H and O–H groups in total. The van der Waals surface area contributed by atoms with Gasteiger partial charge in [0.1, 0.15) is 0 Å². The molecule has 0 atom stereocenters. The monoisotopic (exact) mass is 162 g/mol. The summed E-state index contributed by atoms with van der Waals surface area (Å²) in [5, 5.41) is 0. The van der Waals surface area contributed by atoms with Gasteiger partial charge in [0.25, 0.3) is 0 Å². The van der Waals surface area contributed by atoms with Gasteiger partial charge in [0, 0.05) is 0 Å². The zero-order valence-electron chi connectivity index (χ0n) is 6.31. The quantitative estimate of drug-likeness (QED) is 0.273. The summed E-state index contributed by atoms with van der Waals surface area (Å²) < 4.78 is 13.7. The van der Waals surface area contributed by atoms with E-state index in [1.807, 2.05) is 0 Å². The summed E-state index contributed by atoms with van der Waals surface area (Å²) in [6, 6.07) is 0. The minimum absolute atomic E-state index is 0. The molecule has 0 heterocycles. The Kier molecular flexibility index (Phi) is 7.52. The van der Waals surface area contributed by atoms with Crippen LogP contribution in [0.5, 0.6) is 0 Å². The van der Waals surface area contributed by atoms with Crippen LogP contribution in [0.25, 0.3) is 0 Å². The molecular weight excluding hydrogens is 154 g/mol. The summed E-state index contributed by atoms with van der Waals surface area (Å²) in [6.45, 7) is 1.59. The summed E-state index contributed by atoms with van der Waals surface area (Å²) in [7, 11) is -4.27. The second kappa shape index (κ2) is 5.47.